The summed E-state index contributed by atoms with van der Waals surface area (Å²) in [6.07, 6.45) is 3.58. The minimum Gasteiger partial charge on any atom is -0.481 e. The van der Waals surface area contributed by atoms with Crippen LogP contribution in [0.25, 0.3) is 0 Å². The number of hydrogen-bond donors (Lipinski definition) is 3. The molecule has 0 saturated heterocycles. The van der Waals surface area contributed by atoms with Gasteiger partial charge in [-0.3, -0.25) is 4.79 Å². The van der Waals surface area contributed by atoms with Gasteiger partial charge in [-0.1, -0.05) is 33.3 Å². The number of rotatable bonds is 7. The highest BCUT2D eigenvalue weighted by Gasteiger charge is 2.32. The number of aliphatic carboxylic acids is 1. The molecule has 0 rings (SSSR count). The molecule has 0 spiro atoms. The van der Waals surface area contributed by atoms with Gasteiger partial charge in [0.15, 0.2) is 0 Å². The molecule has 0 heterocycles. The van der Waals surface area contributed by atoms with Crippen LogP contribution in [0.5, 0.6) is 0 Å². The SMILES string of the molecule is CC.C\C=C(F)/C(C(/N)=C/C(CCC)=C(\N)C(C)(C)C(=O)O)=C(\C)F. The topological polar surface area (TPSA) is 89.3 Å². The molecule has 0 bridgehead atoms. The first kappa shape index (κ1) is 25.1. The molecule has 0 unspecified atom stereocenters. The summed E-state index contributed by atoms with van der Waals surface area (Å²) in [6.45, 7) is 11.3. The maximum Gasteiger partial charge on any atom is 0.315 e. The Morgan fingerprint density at radius 1 is 1.20 bits per heavy atom. The van der Waals surface area contributed by atoms with Crippen LogP contribution in [0.3, 0.4) is 0 Å². The van der Waals surface area contributed by atoms with E-state index in [1.807, 2.05) is 20.8 Å². The maximum atomic E-state index is 13.8. The fourth-order valence-corrected chi connectivity index (χ4v) is 1.98. The van der Waals surface area contributed by atoms with Crippen molar-refractivity contribution in [3.63, 3.8) is 0 Å². The van der Waals surface area contributed by atoms with Gasteiger partial charge in [0.25, 0.3) is 0 Å². The van der Waals surface area contributed by atoms with Gasteiger partial charge in [0.2, 0.25) is 0 Å². The largest absolute Gasteiger partial charge is 0.481 e. The van der Waals surface area contributed by atoms with E-state index < -0.39 is 23.0 Å². The van der Waals surface area contributed by atoms with Crippen LogP contribution in [-0.2, 0) is 4.79 Å². The number of carboxylic acids is 1. The Morgan fingerprint density at radius 2 is 1.68 bits per heavy atom. The molecule has 0 aliphatic carbocycles. The molecule has 0 aliphatic rings. The van der Waals surface area contributed by atoms with Crippen LogP contribution in [0.1, 0.15) is 61.3 Å². The summed E-state index contributed by atoms with van der Waals surface area (Å²) in [6, 6.07) is 0. The van der Waals surface area contributed by atoms with Crippen LogP contribution in [0, 0.1) is 5.41 Å². The third kappa shape index (κ3) is 7.11. The molecule has 4 nitrogen and oxygen atoms in total. The first-order chi connectivity index (χ1) is 11.5. The smallest absolute Gasteiger partial charge is 0.315 e. The van der Waals surface area contributed by atoms with Gasteiger partial charge in [-0.15, -0.1) is 0 Å². The Hall–Kier alpha value is -2.11. The fraction of sp³-hybridized carbons (Fsp3) is 0.526. The molecule has 0 radical (unpaired) electrons. The van der Waals surface area contributed by atoms with E-state index in [4.69, 9.17) is 11.5 Å². The van der Waals surface area contributed by atoms with Crippen LogP contribution in [-0.4, -0.2) is 11.1 Å². The zero-order valence-electron chi connectivity index (χ0n) is 16.3. The third-order valence-electron chi connectivity index (χ3n) is 3.53. The Balaban J connectivity index is 0. The van der Waals surface area contributed by atoms with E-state index in [1.54, 1.807) is 0 Å². The molecule has 0 aromatic heterocycles. The van der Waals surface area contributed by atoms with Crippen molar-refractivity contribution >= 4 is 5.97 Å². The normalized spacial score (nSPS) is 14.9. The maximum absolute atomic E-state index is 13.8. The van der Waals surface area contributed by atoms with E-state index >= 15 is 0 Å². The number of carbonyl (C=O) groups is 1. The number of halogens is 2. The van der Waals surface area contributed by atoms with Gasteiger partial charge in [0.1, 0.15) is 17.1 Å². The van der Waals surface area contributed by atoms with Gasteiger partial charge in [0, 0.05) is 11.4 Å². The van der Waals surface area contributed by atoms with E-state index in [0.29, 0.717) is 18.4 Å². The van der Waals surface area contributed by atoms with E-state index in [-0.39, 0.29) is 17.0 Å². The van der Waals surface area contributed by atoms with Gasteiger partial charge in [-0.2, -0.15) is 0 Å². The standard InChI is InChI=1S/C17H26F2N2O2.C2H6/c1-6-8-11(15(21)17(4,5)16(22)23)9-13(20)14(10(3)18)12(19)7-2;1-2/h7,9H,6,8,20-21H2,1-5H3,(H,22,23);1-2H3/b12-7+,13-9-,14-10-,15-11-;. The van der Waals surface area contributed by atoms with Crippen LogP contribution < -0.4 is 11.5 Å². The Kier molecular flexibility index (Phi) is 11.5. The Morgan fingerprint density at radius 3 is 2.00 bits per heavy atom. The lowest BCUT2D eigenvalue weighted by molar-refractivity contribution is -0.144. The number of allylic oxidation sites excluding steroid dienone is 5. The molecule has 0 aromatic rings. The third-order valence-corrected chi connectivity index (χ3v) is 3.53. The first-order valence-corrected chi connectivity index (χ1v) is 8.39. The minimum absolute atomic E-state index is 0.117. The lowest BCUT2D eigenvalue weighted by Crippen LogP contribution is -2.31. The predicted octanol–water partition coefficient (Wildman–Crippen LogP) is 5.10. The highest BCUT2D eigenvalue weighted by Crippen LogP contribution is 2.30. The van der Waals surface area contributed by atoms with Crippen LogP contribution in [0.2, 0.25) is 0 Å². The van der Waals surface area contributed by atoms with Gasteiger partial charge in [-0.25, -0.2) is 8.78 Å². The second-order valence-electron chi connectivity index (χ2n) is 5.76. The second kappa shape index (κ2) is 11.4. The lowest BCUT2D eigenvalue weighted by atomic mass is 9.85. The lowest BCUT2D eigenvalue weighted by Gasteiger charge is -2.23. The summed E-state index contributed by atoms with van der Waals surface area (Å²) in [5.41, 5.74) is 10.6. The molecular weight excluding hydrogens is 326 g/mol. The van der Waals surface area contributed by atoms with Crippen LogP contribution in [0.4, 0.5) is 8.78 Å². The number of nitrogens with two attached hydrogens (primary N) is 2. The van der Waals surface area contributed by atoms with E-state index in [1.165, 1.54) is 26.8 Å². The van der Waals surface area contributed by atoms with Gasteiger partial charge in [0.05, 0.1) is 5.57 Å². The quantitative estimate of drug-likeness (QED) is 0.553. The van der Waals surface area contributed by atoms with Gasteiger partial charge in [-0.05, 0) is 45.8 Å². The van der Waals surface area contributed by atoms with E-state index in [0.717, 1.165) is 13.0 Å². The van der Waals surface area contributed by atoms with Crippen molar-refractivity contribution in [2.24, 2.45) is 16.9 Å². The highest BCUT2D eigenvalue weighted by atomic mass is 19.1. The highest BCUT2D eigenvalue weighted by molar-refractivity contribution is 5.77. The zero-order valence-corrected chi connectivity index (χ0v) is 16.3. The molecule has 25 heavy (non-hydrogen) atoms. The van der Waals surface area contributed by atoms with Crippen molar-refractivity contribution < 1.29 is 18.7 Å². The fourth-order valence-electron chi connectivity index (χ4n) is 1.98. The van der Waals surface area contributed by atoms with Crippen molar-refractivity contribution in [2.45, 2.75) is 61.3 Å². The van der Waals surface area contributed by atoms with Crippen LogP contribution in [0.15, 0.2) is 46.3 Å². The average Bonchev–Trinajstić information content (AvgIpc) is 2.54. The average molecular weight is 358 g/mol. The molecule has 0 aliphatic heterocycles. The minimum atomic E-state index is -1.31. The second-order valence-corrected chi connectivity index (χ2v) is 5.76. The van der Waals surface area contributed by atoms with Crippen molar-refractivity contribution in [1.29, 1.82) is 0 Å². The zero-order chi connectivity index (χ0) is 20.4. The molecular formula is C19H32F2N2O2. The van der Waals surface area contributed by atoms with Crippen molar-refractivity contribution in [3.05, 3.63) is 46.3 Å². The van der Waals surface area contributed by atoms with E-state index in [2.05, 4.69) is 0 Å². The number of carboxylic acid groups (broad SMARTS) is 1. The Bertz CT molecular complexity index is 582. The summed E-state index contributed by atoms with van der Waals surface area (Å²) >= 11 is 0. The molecule has 5 N–H and O–H groups in total. The van der Waals surface area contributed by atoms with E-state index in [9.17, 15) is 18.7 Å². The predicted molar refractivity (Wildman–Crippen MR) is 99.8 cm³/mol. The summed E-state index contributed by atoms with van der Waals surface area (Å²) in [4.78, 5) is 11.3. The monoisotopic (exact) mass is 358 g/mol. The van der Waals surface area contributed by atoms with Crippen LogP contribution >= 0.6 is 0 Å². The molecule has 6 heteroatoms. The Labute approximate surface area is 150 Å². The molecule has 0 atom stereocenters. The van der Waals surface area contributed by atoms with Gasteiger partial charge >= 0.3 is 5.97 Å². The summed E-state index contributed by atoms with van der Waals surface area (Å²) in [7, 11) is 0. The first-order valence-electron chi connectivity index (χ1n) is 8.39. The van der Waals surface area contributed by atoms with Crippen molar-refractivity contribution in [1.82, 2.24) is 0 Å². The summed E-state index contributed by atoms with van der Waals surface area (Å²) < 4.78 is 27.4. The van der Waals surface area contributed by atoms with Gasteiger partial charge < -0.3 is 16.6 Å². The molecule has 144 valence electrons. The summed E-state index contributed by atoms with van der Waals surface area (Å²) in [5.74, 6) is -2.64. The number of hydrogen-bond acceptors (Lipinski definition) is 3. The molecule has 0 saturated carbocycles. The van der Waals surface area contributed by atoms with Crippen molar-refractivity contribution in [2.75, 3.05) is 0 Å². The molecule has 0 amide bonds. The van der Waals surface area contributed by atoms with Crippen molar-refractivity contribution in [3.8, 4) is 0 Å². The molecule has 0 fully saturated rings. The molecule has 0 aromatic carbocycles. The summed E-state index contributed by atoms with van der Waals surface area (Å²) in [5, 5.41) is 9.28.